The molecule has 1 aliphatic rings. The van der Waals surface area contributed by atoms with Crippen molar-refractivity contribution in [3.05, 3.63) is 102 Å². The molecular weight excluding hydrogens is 350 g/mol. The number of pyridine rings is 1. The van der Waals surface area contributed by atoms with Crippen LogP contribution in [0.1, 0.15) is 25.0 Å². The van der Waals surface area contributed by atoms with Crippen molar-refractivity contribution in [2.24, 2.45) is 0 Å². The molecular formula is C28H21N. The van der Waals surface area contributed by atoms with Crippen molar-refractivity contribution >= 4 is 21.5 Å². The summed E-state index contributed by atoms with van der Waals surface area (Å²) in [6, 6.07) is 30.7. The van der Waals surface area contributed by atoms with Gasteiger partial charge < -0.3 is 0 Å². The Bertz CT molecular complexity index is 1410. The van der Waals surface area contributed by atoms with Gasteiger partial charge in [0.15, 0.2) is 0 Å². The molecule has 0 unspecified atom stereocenters. The molecule has 4 aromatic carbocycles. The van der Waals surface area contributed by atoms with Crippen LogP contribution in [-0.2, 0) is 5.41 Å². The van der Waals surface area contributed by atoms with Crippen molar-refractivity contribution in [3.8, 4) is 22.4 Å². The quantitative estimate of drug-likeness (QED) is 0.280. The Hall–Kier alpha value is -3.45. The number of aromatic nitrogens is 1. The lowest BCUT2D eigenvalue weighted by Crippen LogP contribution is -2.23. The first-order valence-corrected chi connectivity index (χ1v) is 10.2. The van der Waals surface area contributed by atoms with Gasteiger partial charge in [0.05, 0.1) is 5.69 Å². The second-order valence-electron chi connectivity index (χ2n) is 8.41. The van der Waals surface area contributed by atoms with Crippen LogP contribution in [0.3, 0.4) is 0 Å². The first-order chi connectivity index (χ1) is 14.2. The van der Waals surface area contributed by atoms with E-state index in [2.05, 4.69) is 92.7 Å². The first kappa shape index (κ1) is 16.5. The van der Waals surface area contributed by atoms with Gasteiger partial charge in [-0.05, 0) is 55.9 Å². The summed E-state index contributed by atoms with van der Waals surface area (Å²) in [5.41, 5.74) is 7.72. The lowest BCUT2D eigenvalue weighted by atomic mass is 9.67. The summed E-state index contributed by atoms with van der Waals surface area (Å²) in [5, 5.41) is 5.23. The molecule has 0 saturated carbocycles. The molecule has 1 heterocycles. The zero-order valence-corrected chi connectivity index (χ0v) is 16.6. The molecule has 0 spiro atoms. The smallest absolute Gasteiger partial charge is 0.0714 e. The molecule has 0 amide bonds. The van der Waals surface area contributed by atoms with E-state index in [0.717, 1.165) is 5.69 Å². The third kappa shape index (κ3) is 2.13. The minimum Gasteiger partial charge on any atom is -0.256 e. The van der Waals surface area contributed by atoms with E-state index >= 15 is 0 Å². The minimum absolute atomic E-state index is 0.0487. The van der Waals surface area contributed by atoms with Gasteiger partial charge in [-0.1, -0.05) is 86.6 Å². The number of hydrogen-bond donors (Lipinski definition) is 0. The molecule has 1 aliphatic carbocycles. The van der Waals surface area contributed by atoms with Crippen LogP contribution in [0.15, 0.2) is 91.1 Å². The topological polar surface area (TPSA) is 12.9 Å². The Morgan fingerprint density at radius 1 is 0.586 bits per heavy atom. The highest BCUT2D eigenvalue weighted by molar-refractivity contribution is 6.23. The fourth-order valence-corrected chi connectivity index (χ4v) is 5.21. The normalized spacial score (nSPS) is 14.1. The maximum Gasteiger partial charge on any atom is 0.0714 e. The van der Waals surface area contributed by atoms with Crippen LogP contribution in [0, 0.1) is 0 Å². The molecule has 29 heavy (non-hydrogen) atoms. The van der Waals surface area contributed by atoms with Gasteiger partial charge in [-0.15, -0.1) is 0 Å². The largest absolute Gasteiger partial charge is 0.256 e. The van der Waals surface area contributed by atoms with E-state index in [4.69, 9.17) is 4.98 Å². The Balaban J connectivity index is 1.93. The van der Waals surface area contributed by atoms with Gasteiger partial charge >= 0.3 is 0 Å². The maximum atomic E-state index is 4.73. The zero-order valence-electron chi connectivity index (χ0n) is 16.6. The van der Waals surface area contributed by atoms with Crippen LogP contribution in [0.4, 0.5) is 0 Å². The molecule has 138 valence electrons. The van der Waals surface area contributed by atoms with Crippen molar-refractivity contribution < 1.29 is 0 Å². The van der Waals surface area contributed by atoms with Crippen LogP contribution in [0.2, 0.25) is 0 Å². The average Bonchev–Trinajstić information content (AvgIpc) is 2.77. The summed E-state index contributed by atoms with van der Waals surface area (Å²) in [4.78, 5) is 4.73. The van der Waals surface area contributed by atoms with E-state index in [9.17, 15) is 0 Å². The Morgan fingerprint density at radius 3 is 2.03 bits per heavy atom. The maximum absolute atomic E-state index is 4.73. The van der Waals surface area contributed by atoms with Crippen LogP contribution in [0.5, 0.6) is 0 Å². The fraction of sp³-hybridized carbons (Fsp3) is 0.107. The molecule has 0 bridgehead atoms. The summed E-state index contributed by atoms with van der Waals surface area (Å²) >= 11 is 0. The Labute approximate surface area is 170 Å². The SMILES string of the molecule is CC1(C)c2ccccc2-c2c3ccccc3c(-c3ccccn3)c3cccc1c23. The van der Waals surface area contributed by atoms with Gasteiger partial charge in [0.2, 0.25) is 0 Å². The summed E-state index contributed by atoms with van der Waals surface area (Å²) in [7, 11) is 0. The molecule has 6 rings (SSSR count). The van der Waals surface area contributed by atoms with Crippen LogP contribution in [0.25, 0.3) is 43.9 Å². The highest BCUT2D eigenvalue weighted by Gasteiger charge is 2.34. The lowest BCUT2D eigenvalue weighted by Gasteiger charge is -2.36. The minimum atomic E-state index is -0.0487. The Morgan fingerprint density at radius 2 is 1.24 bits per heavy atom. The predicted molar refractivity (Wildman–Crippen MR) is 122 cm³/mol. The molecule has 0 aliphatic heterocycles. The highest BCUT2D eigenvalue weighted by atomic mass is 14.7. The number of fused-ring (bicyclic) bond motifs is 4. The zero-order chi connectivity index (χ0) is 19.6. The molecule has 5 aromatic rings. The third-order valence-corrected chi connectivity index (χ3v) is 6.51. The molecule has 0 atom stereocenters. The number of hydrogen-bond acceptors (Lipinski definition) is 1. The van der Waals surface area contributed by atoms with E-state index in [0.29, 0.717) is 0 Å². The predicted octanol–water partition coefficient (Wildman–Crippen LogP) is 7.36. The summed E-state index contributed by atoms with van der Waals surface area (Å²) in [6.07, 6.45) is 1.89. The summed E-state index contributed by atoms with van der Waals surface area (Å²) < 4.78 is 0. The van der Waals surface area contributed by atoms with E-state index in [1.165, 1.54) is 49.4 Å². The summed E-state index contributed by atoms with van der Waals surface area (Å²) in [6.45, 7) is 4.69. The van der Waals surface area contributed by atoms with Crippen molar-refractivity contribution in [1.29, 1.82) is 0 Å². The lowest BCUT2D eigenvalue weighted by molar-refractivity contribution is 0.645. The number of nitrogens with zero attached hydrogens (tertiary/aromatic N) is 1. The van der Waals surface area contributed by atoms with Crippen molar-refractivity contribution in [3.63, 3.8) is 0 Å². The summed E-state index contributed by atoms with van der Waals surface area (Å²) in [5.74, 6) is 0. The molecule has 1 nitrogen and oxygen atoms in total. The molecule has 0 saturated heterocycles. The van der Waals surface area contributed by atoms with Gasteiger partial charge in [-0.3, -0.25) is 4.98 Å². The molecule has 0 fully saturated rings. The van der Waals surface area contributed by atoms with E-state index in [1.54, 1.807) is 0 Å². The first-order valence-electron chi connectivity index (χ1n) is 10.2. The fourth-order valence-electron chi connectivity index (χ4n) is 5.21. The standard InChI is InChI=1S/C28H21N/c1-28(2)22-14-6-5-12-20(22)26-19-11-4-3-10-18(19)25(24-16-7-8-17-29-24)21-13-9-15-23(28)27(21)26/h3-17H,1-2H3. The molecule has 0 N–H and O–H groups in total. The van der Waals surface area contributed by atoms with Crippen LogP contribution >= 0.6 is 0 Å². The van der Waals surface area contributed by atoms with Gasteiger partial charge in [0, 0.05) is 17.2 Å². The second-order valence-corrected chi connectivity index (χ2v) is 8.41. The van der Waals surface area contributed by atoms with Crippen molar-refractivity contribution in [2.75, 3.05) is 0 Å². The van der Waals surface area contributed by atoms with Crippen LogP contribution in [-0.4, -0.2) is 4.98 Å². The van der Waals surface area contributed by atoms with Gasteiger partial charge in [0.1, 0.15) is 0 Å². The van der Waals surface area contributed by atoms with E-state index in [-0.39, 0.29) is 5.41 Å². The molecule has 1 heteroatoms. The van der Waals surface area contributed by atoms with E-state index < -0.39 is 0 Å². The highest BCUT2D eigenvalue weighted by Crippen LogP contribution is 2.53. The van der Waals surface area contributed by atoms with Gasteiger partial charge in [-0.2, -0.15) is 0 Å². The van der Waals surface area contributed by atoms with Crippen LogP contribution < -0.4 is 0 Å². The number of rotatable bonds is 1. The second kappa shape index (κ2) is 5.78. The van der Waals surface area contributed by atoms with Crippen molar-refractivity contribution in [1.82, 2.24) is 4.98 Å². The number of benzene rings is 4. The van der Waals surface area contributed by atoms with Gasteiger partial charge in [0.25, 0.3) is 0 Å². The average molecular weight is 371 g/mol. The van der Waals surface area contributed by atoms with Crippen molar-refractivity contribution in [2.45, 2.75) is 19.3 Å². The van der Waals surface area contributed by atoms with E-state index in [1.807, 2.05) is 12.3 Å². The Kier molecular flexibility index (Phi) is 3.29. The monoisotopic (exact) mass is 371 g/mol. The molecule has 1 aromatic heterocycles. The third-order valence-electron chi connectivity index (χ3n) is 6.51. The van der Waals surface area contributed by atoms with Gasteiger partial charge in [-0.25, -0.2) is 0 Å². The molecule has 0 radical (unpaired) electrons.